The molecule has 1 unspecified atom stereocenters. The molecule has 1 aromatic heterocycles. The molecule has 2 heterocycles. The van der Waals surface area contributed by atoms with Crippen LogP contribution in [0.4, 0.5) is 0 Å². The van der Waals surface area contributed by atoms with Crippen molar-refractivity contribution < 1.29 is 14.7 Å². The molecule has 1 aliphatic heterocycles. The minimum absolute atomic E-state index is 0.00425. The summed E-state index contributed by atoms with van der Waals surface area (Å²) in [4.78, 5) is 36.0. The zero-order valence-electron chi connectivity index (χ0n) is 10.7. The number of aliphatic carboxylic acids is 1. The van der Waals surface area contributed by atoms with Gasteiger partial charge in [-0.15, -0.1) is 0 Å². The van der Waals surface area contributed by atoms with Crippen molar-refractivity contribution in [2.75, 3.05) is 6.54 Å². The highest BCUT2D eigenvalue weighted by atomic mass is 32.1. The molecule has 0 aromatic carbocycles. The van der Waals surface area contributed by atoms with E-state index in [9.17, 15) is 14.4 Å². The van der Waals surface area contributed by atoms with Crippen LogP contribution in [0.25, 0.3) is 0 Å². The topological polar surface area (TPSA) is 79.6 Å². The lowest BCUT2D eigenvalue weighted by Gasteiger charge is -2.23. The van der Waals surface area contributed by atoms with Crippen LogP contribution in [0, 0.1) is 6.92 Å². The Bertz CT molecular complexity index is 548. The number of amides is 1. The van der Waals surface area contributed by atoms with Crippen molar-refractivity contribution in [3.05, 3.63) is 20.7 Å². The van der Waals surface area contributed by atoms with Crippen molar-refractivity contribution >= 4 is 23.2 Å². The number of aryl methyl sites for hydroxylation is 1. The van der Waals surface area contributed by atoms with Gasteiger partial charge in [0.15, 0.2) is 0 Å². The molecule has 0 aliphatic carbocycles. The number of hydrogen-bond donors (Lipinski definition) is 1. The molecule has 1 fully saturated rings. The lowest BCUT2D eigenvalue weighted by atomic mass is 10.1. The summed E-state index contributed by atoms with van der Waals surface area (Å²) in [7, 11) is 0. The van der Waals surface area contributed by atoms with E-state index in [2.05, 4.69) is 0 Å². The molecule has 104 valence electrons. The van der Waals surface area contributed by atoms with Gasteiger partial charge in [-0.2, -0.15) is 0 Å². The predicted molar refractivity (Wildman–Crippen MR) is 70.3 cm³/mol. The van der Waals surface area contributed by atoms with Crippen LogP contribution in [-0.2, 0) is 16.1 Å². The lowest BCUT2D eigenvalue weighted by Crippen LogP contribution is -2.40. The number of carbonyl (C=O) groups excluding carboxylic acids is 1. The van der Waals surface area contributed by atoms with Gasteiger partial charge >= 0.3 is 10.8 Å². The standard InChI is InChI=1S/C12H16N2O4S/c1-8-7-19-12(18)14(8)6-10(15)13-4-2-3-9(13)5-11(16)17/h7,9H,2-6H2,1H3,(H,16,17). The van der Waals surface area contributed by atoms with E-state index >= 15 is 0 Å². The molecule has 1 aromatic rings. The first-order valence-corrected chi connectivity index (χ1v) is 7.03. The van der Waals surface area contributed by atoms with E-state index in [0.717, 1.165) is 29.9 Å². The maximum atomic E-state index is 12.2. The van der Waals surface area contributed by atoms with Crippen molar-refractivity contribution in [1.29, 1.82) is 0 Å². The Balaban J connectivity index is 2.07. The highest BCUT2D eigenvalue weighted by Gasteiger charge is 2.30. The van der Waals surface area contributed by atoms with E-state index in [-0.39, 0.29) is 29.8 Å². The molecule has 1 saturated heterocycles. The zero-order valence-corrected chi connectivity index (χ0v) is 11.5. The molecule has 7 heteroatoms. The first-order chi connectivity index (χ1) is 8.99. The number of thiazole rings is 1. The maximum absolute atomic E-state index is 12.2. The van der Waals surface area contributed by atoms with Gasteiger partial charge in [0.25, 0.3) is 0 Å². The Labute approximate surface area is 114 Å². The van der Waals surface area contributed by atoms with Gasteiger partial charge in [0.1, 0.15) is 6.54 Å². The van der Waals surface area contributed by atoms with Gasteiger partial charge in [0.2, 0.25) is 5.91 Å². The molecule has 1 N–H and O–H groups in total. The molecular weight excluding hydrogens is 268 g/mol. The maximum Gasteiger partial charge on any atom is 0.307 e. The molecular formula is C12H16N2O4S. The molecule has 1 aliphatic rings. The van der Waals surface area contributed by atoms with E-state index < -0.39 is 5.97 Å². The minimum atomic E-state index is -0.895. The van der Waals surface area contributed by atoms with E-state index in [4.69, 9.17) is 5.11 Å². The Morgan fingerprint density at radius 3 is 2.84 bits per heavy atom. The molecule has 2 rings (SSSR count). The Hall–Kier alpha value is -1.63. The summed E-state index contributed by atoms with van der Waals surface area (Å²) >= 11 is 1.07. The van der Waals surface area contributed by atoms with Gasteiger partial charge in [-0.3, -0.25) is 19.0 Å². The highest BCUT2D eigenvalue weighted by Crippen LogP contribution is 2.20. The monoisotopic (exact) mass is 284 g/mol. The zero-order chi connectivity index (χ0) is 14.0. The molecule has 19 heavy (non-hydrogen) atoms. The number of rotatable bonds is 4. The van der Waals surface area contributed by atoms with Crippen molar-refractivity contribution in [3.8, 4) is 0 Å². The Morgan fingerprint density at radius 1 is 1.53 bits per heavy atom. The first-order valence-electron chi connectivity index (χ1n) is 6.15. The summed E-state index contributed by atoms with van der Waals surface area (Å²) in [5.41, 5.74) is 0.761. The summed E-state index contributed by atoms with van der Waals surface area (Å²) in [6, 6.07) is -0.236. The van der Waals surface area contributed by atoms with Crippen LogP contribution >= 0.6 is 11.3 Å². The van der Waals surface area contributed by atoms with Gasteiger partial charge in [-0.25, -0.2) is 0 Å². The third kappa shape index (κ3) is 3.04. The number of carboxylic acid groups (broad SMARTS) is 1. The van der Waals surface area contributed by atoms with Gasteiger partial charge in [0, 0.05) is 23.7 Å². The predicted octanol–water partition coefficient (Wildman–Crippen LogP) is 0.684. The largest absolute Gasteiger partial charge is 0.481 e. The molecule has 0 saturated carbocycles. The van der Waals surface area contributed by atoms with Crippen LogP contribution in [0.2, 0.25) is 0 Å². The Kier molecular flexibility index (Phi) is 4.04. The lowest BCUT2D eigenvalue weighted by molar-refractivity contribution is -0.140. The fraction of sp³-hybridized carbons (Fsp3) is 0.583. The fourth-order valence-corrected chi connectivity index (χ4v) is 3.13. The third-order valence-corrected chi connectivity index (χ3v) is 4.26. The second-order valence-electron chi connectivity index (χ2n) is 4.71. The number of aromatic nitrogens is 1. The third-order valence-electron chi connectivity index (χ3n) is 3.38. The minimum Gasteiger partial charge on any atom is -0.481 e. The molecule has 1 amide bonds. The van der Waals surface area contributed by atoms with Gasteiger partial charge in [0.05, 0.1) is 6.42 Å². The molecule has 1 atom stereocenters. The first kappa shape index (κ1) is 13.8. The van der Waals surface area contributed by atoms with Crippen molar-refractivity contribution in [2.45, 2.75) is 38.8 Å². The number of carbonyl (C=O) groups is 2. The van der Waals surface area contributed by atoms with Crippen LogP contribution in [0.3, 0.4) is 0 Å². The van der Waals surface area contributed by atoms with Crippen LogP contribution < -0.4 is 4.87 Å². The number of nitrogens with zero attached hydrogens (tertiary/aromatic N) is 2. The van der Waals surface area contributed by atoms with Crippen LogP contribution in [0.15, 0.2) is 10.2 Å². The van der Waals surface area contributed by atoms with Crippen LogP contribution in [0.5, 0.6) is 0 Å². The van der Waals surface area contributed by atoms with Gasteiger partial charge in [-0.05, 0) is 19.8 Å². The average Bonchev–Trinajstić information content (AvgIpc) is 2.90. The van der Waals surface area contributed by atoms with E-state index in [0.29, 0.717) is 6.54 Å². The van der Waals surface area contributed by atoms with Crippen molar-refractivity contribution in [2.24, 2.45) is 0 Å². The second-order valence-corrected chi connectivity index (χ2v) is 5.53. The summed E-state index contributed by atoms with van der Waals surface area (Å²) in [6.45, 7) is 2.36. The normalized spacial score (nSPS) is 18.8. The molecule has 0 radical (unpaired) electrons. The summed E-state index contributed by atoms with van der Waals surface area (Å²) in [6.07, 6.45) is 1.51. The molecule has 0 bridgehead atoms. The number of carboxylic acids is 1. The molecule has 6 nitrogen and oxygen atoms in total. The highest BCUT2D eigenvalue weighted by molar-refractivity contribution is 7.07. The number of hydrogen-bond acceptors (Lipinski definition) is 4. The van der Waals surface area contributed by atoms with Crippen LogP contribution in [0.1, 0.15) is 25.0 Å². The fourth-order valence-electron chi connectivity index (χ4n) is 2.40. The summed E-state index contributed by atoms with van der Waals surface area (Å²) in [5, 5.41) is 10.5. The van der Waals surface area contributed by atoms with Crippen molar-refractivity contribution in [3.63, 3.8) is 0 Å². The van der Waals surface area contributed by atoms with E-state index in [1.807, 2.05) is 0 Å². The quantitative estimate of drug-likeness (QED) is 0.882. The van der Waals surface area contributed by atoms with Gasteiger partial charge in [-0.1, -0.05) is 11.3 Å². The van der Waals surface area contributed by atoms with Gasteiger partial charge < -0.3 is 10.0 Å². The molecule has 0 spiro atoms. The van der Waals surface area contributed by atoms with Crippen LogP contribution in [-0.4, -0.2) is 39.0 Å². The Morgan fingerprint density at radius 2 is 2.26 bits per heavy atom. The SMILES string of the molecule is Cc1csc(=O)n1CC(=O)N1CCCC1CC(=O)O. The average molecular weight is 284 g/mol. The summed E-state index contributed by atoms with van der Waals surface area (Å²) < 4.78 is 1.43. The van der Waals surface area contributed by atoms with E-state index in [1.54, 1.807) is 17.2 Å². The smallest absolute Gasteiger partial charge is 0.307 e. The van der Waals surface area contributed by atoms with Crippen molar-refractivity contribution in [1.82, 2.24) is 9.47 Å². The summed E-state index contributed by atoms with van der Waals surface area (Å²) in [5.74, 6) is -1.07. The second kappa shape index (κ2) is 5.56. The van der Waals surface area contributed by atoms with E-state index in [1.165, 1.54) is 4.57 Å². The number of likely N-dealkylation sites (tertiary alicyclic amines) is 1.